The van der Waals surface area contributed by atoms with Gasteiger partial charge in [0, 0.05) is 16.9 Å². The van der Waals surface area contributed by atoms with E-state index in [-0.39, 0.29) is 6.03 Å². The number of hydrogen-bond donors (Lipinski definition) is 2. The average molecular weight is 287 g/mol. The van der Waals surface area contributed by atoms with Crippen molar-refractivity contribution in [2.45, 2.75) is 6.92 Å². The van der Waals surface area contributed by atoms with E-state index in [1.54, 1.807) is 18.3 Å². The molecule has 0 aromatic heterocycles. The second kappa shape index (κ2) is 6.78. The molecule has 0 unspecified atom stereocenters. The molecule has 0 atom stereocenters. The van der Waals surface area contributed by atoms with Crippen LogP contribution < -0.4 is 10.6 Å². The molecule has 3 nitrogen and oxygen atoms in total. The maximum absolute atomic E-state index is 11.7. The first-order valence-electron chi connectivity index (χ1n) is 6.20. The number of urea groups is 1. The van der Waals surface area contributed by atoms with Crippen LogP contribution in [0.5, 0.6) is 0 Å². The van der Waals surface area contributed by atoms with Crippen molar-refractivity contribution in [1.82, 2.24) is 5.32 Å². The van der Waals surface area contributed by atoms with Crippen LogP contribution in [-0.4, -0.2) is 6.03 Å². The van der Waals surface area contributed by atoms with Crippen LogP contribution >= 0.6 is 11.6 Å². The van der Waals surface area contributed by atoms with Crippen LogP contribution in [0.2, 0.25) is 5.02 Å². The van der Waals surface area contributed by atoms with E-state index in [0.29, 0.717) is 5.02 Å². The summed E-state index contributed by atoms with van der Waals surface area (Å²) in [7, 11) is 0. The highest BCUT2D eigenvalue weighted by Crippen LogP contribution is 2.13. The summed E-state index contributed by atoms with van der Waals surface area (Å²) in [5.74, 6) is 0. The summed E-state index contributed by atoms with van der Waals surface area (Å²) >= 11 is 5.88. The Morgan fingerprint density at radius 3 is 2.70 bits per heavy atom. The largest absolute Gasteiger partial charge is 0.323 e. The number of carbonyl (C=O) groups is 1. The number of benzene rings is 2. The smallest absolute Gasteiger partial charge is 0.314 e. The highest BCUT2D eigenvalue weighted by Gasteiger charge is 2.00. The molecule has 2 N–H and O–H groups in total. The van der Waals surface area contributed by atoms with Gasteiger partial charge in [0.15, 0.2) is 0 Å². The van der Waals surface area contributed by atoms with E-state index < -0.39 is 0 Å². The number of para-hydroxylation sites is 1. The molecule has 0 aliphatic heterocycles. The minimum Gasteiger partial charge on any atom is -0.314 e. The third-order valence-corrected chi connectivity index (χ3v) is 2.97. The zero-order valence-electron chi connectivity index (χ0n) is 11.1. The molecular formula is C16H15ClN2O. The zero-order chi connectivity index (χ0) is 14.4. The Balaban J connectivity index is 1.91. The van der Waals surface area contributed by atoms with Crippen LogP contribution in [0.15, 0.2) is 54.7 Å². The van der Waals surface area contributed by atoms with E-state index >= 15 is 0 Å². The summed E-state index contributed by atoms with van der Waals surface area (Å²) in [5, 5.41) is 6.10. The molecule has 20 heavy (non-hydrogen) atoms. The number of hydrogen-bond acceptors (Lipinski definition) is 1. The van der Waals surface area contributed by atoms with Crippen LogP contribution in [0.25, 0.3) is 6.08 Å². The molecule has 102 valence electrons. The normalized spacial score (nSPS) is 10.5. The zero-order valence-corrected chi connectivity index (χ0v) is 11.8. The average Bonchev–Trinajstić information content (AvgIpc) is 2.41. The van der Waals surface area contributed by atoms with Gasteiger partial charge in [0.1, 0.15) is 0 Å². The summed E-state index contributed by atoms with van der Waals surface area (Å²) in [4.78, 5) is 11.7. The Kier molecular flexibility index (Phi) is 4.80. The van der Waals surface area contributed by atoms with E-state index in [9.17, 15) is 4.79 Å². The molecule has 4 heteroatoms. The van der Waals surface area contributed by atoms with Crippen LogP contribution in [0.4, 0.5) is 10.5 Å². The molecule has 0 heterocycles. The molecule has 0 fully saturated rings. The van der Waals surface area contributed by atoms with Gasteiger partial charge in [-0.15, -0.1) is 0 Å². The second-order valence-electron chi connectivity index (χ2n) is 4.30. The molecular weight excluding hydrogens is 272 g/mol. The predicted molar refractivity (Wildman–Crippen MR) is 83.8 cm³/mol. The van der Waals surface area contributed by atoms with Crippen LogP contribution in [0.3, 0.4) is 0 Å². The van der Waals surface area contributed by atoms with Crippen LogP contribution in [0, 0.1) is 6.92 Å². The Labute approximate surface area is 123 Å². The van der Waals surface area contributed by atoms with Gasteiger partial charge in [-0.2, -0.15) is 0 Å². The number of anilines is 1. The Morgan fingerprint density at radius 1 is 1.15 bits per heavy atom. The van der Waals surface area contributed by atoms with E-state index in [2.05, 4.69) is 10.6 Å². The van der Waals surface area contributed by atoms with Gasteiger partial charge in [-0.25, -0.2) is 4.79 Å². The Morgan fingerprint density at radius 2 is 1.95 bits per heavy atom. The maximum atomic E-state index is 11.7. The lowest BCUT2D eigenvalue weighted by atomic mass is 10.2. The van der Waals surface area contributed by atoms with Crippen molar-refractivity contribution in [3.63, 3.8) is 0 Å². The first-order chi connectivity index (χ1) is 9.65. The highest BCUT2D eigenvalue weighted by molar-refractivity contribution is 6.30. The molecule has 2 rings (SSSR count). The molecule has 0 saturated carbocycles. The fraction of sp³-hybridized carbons (Fsp3) is 0.0625. The number of nitrogens with one attached hydrogen (secondary N) is 2. The number of halogens is 1. The van der Waals surface area contributed by atoms with Crippen molar-refractivity contribution in [3.8, 4) is 0 Å². The molecule has 2 amide bonds. The van der Waals surface area contributed by atoms with Gasteiger partial charge in [0.25, 0.3) is 0 Å². The second-order valence-corrected chi connectivity index (χ2v) is 4.74. The van der Waals surface area contributed by atoms with Crippen LogP contribution in [0.1, 0.15) is 11.1 Å². The van der Waals surface area contributed by atoms with E-state index in [1.807, 2.05) is 49.4 Å². The van der Waals surface area contributed by atoms with Crippen molar-refractivity contribution in [3.05, 3.63) is 70.9 Å². The van der Waals surface area contributed by atoms with Crippen molar-refractivity contribution < 1.29 is 4.79 Å². The first-order valence-corrected chi connectivity index (χ1v) is 6.58. The standard InChI is InChI=1S/C16H15ClN2O/c1-12-5-2-3-8-15(12)19-16(20)18-10-9-13-6-4-7-14(17)11-13/h2-11H,1H3,(H2,18,19,20)/b10-9+. The highest BCUT2D eigenvalue weighted by atomic mass is 35.5. The van der Waals surface area contributed by atoms with Gasteiger partial charge in [-0.3, -0.25) is 0 Å². The lowest BCUT2D eigenvalue weighted by Gasteiger charge is -2.07. The number of aryl methyl sites for hydroxylation is 1. The lowest BCUT2D eigenvalue weighted by molar-refractivity contribution is 0.255. The van der Waals surface area contributed by atoms with Gasteiger partial charge in [0.2, 0.25) is 0 Å². The fourth-order valence-electron chi connectivity index (χ4n) is 1.70. The molecule has 2 aromatic rings. The molecule has 2 aromatic carbocycles. The minimum absolute atomic E-state index is 0.280. The molecule has 0 saturated heterocycles. The summed E-state index contributed by atoms with van der Waals surface area (Å²) in [6.45, 7) is 1.94. The summed E-state index contributed by atoms with van der Waals surface area (Å²) in [5.41, 5.74) is 2.73. The third-order valence-electron chi connectivity index (χ3n) is 2.73. The SMILES string of the molecule is Cc1ccccc1NC(=O)N/C=C/c1cccc(Cl)c1. The van der Waals surface area contributed by atoms with Gasteiger partial charge in [0.05, 0.1) is 0 Å². The van der Waals surface area contributed by atoms with E-state index in [4.69, 9.17) is 11.6 Å². The molecule has 0 spiro atoms. The summed E-state index contributed by atoms with van der Waals surface area (Å²) in [6, 6.07) is 14.7. The predicted octanol–water partition coefficient (Wildman–Crippen LogP) is 4.44. The topological polar surface area (TPSA) is 41.1 Å². The molecule has 0 radical (unpaired) electrons. The fourth-order valence-corrected chi connectivity index (χ4v) is 1.89. The molecule has 0 aliphatic rings. The maximum Gasteiger partial charge on any atom is 0.323 e. The van der Waals surface area contributed by atoms with Crippen LogP contribution in [-0.2, 0) is 0 Å². The van der Waals surface area contributed by atoms with E-state index in [1.165, 1.54) is 0 Å². The van der Waals surface area contributed by atoms with Gasteiger partial charge < -0.3 is 10.6 Å². The number of amides is 2. The summed E-state index contributed by atoms with van der Waals surface area (Å²) in [6.07, 6.45) is 3.36. The van der Waals surface area contributed by atoms with Gasteiger partial charge in [-0.05, 0) is 42.3 Å². The van der Waals surface area contributed by atoms with Crippen molar-refractivity contribution in [2.24, 2.45) is 0 Å². The first kappa shape index (κ1) is 14.2. The van der Waals surface area contributed by atoms with Gasteiger partial charge in [-0.1, -0.05) is 41.9 Å². The Hall–Kier alpha value is -2.26. The monoisotopic (exact) mass is 286 g/mol. The number of carbonyl (C=O) groups excluding carboxylic acids is 1. The third kappa shape index (κ3) is 4.14. The van der Waals surface area contributed by atoms with Crippen molar-refractivity contribution >= 4 is 29.4 Å². The Bertz CT molecular complexity index is 638. The van der Waals surface area contributed by atoms with Gasteiger partial charge >= 0.3 is 6.03 Å². The quantitative estimate of drug-likeness (QED) is 0.860. The van der Waals surface area contributed by atoms with E-state index in [0.717, 1.165) is 16.8 Å². The molecule has 0 bridgehead atoms. The van der Waals surface area contributed by atoms with Crippen molar-refractivity contribution in [1.29, 1.82) is 0 Å². The lowest BCUT2D eigenvalue weighted by Crippen LogP contribution is -2.24. The number of rotatable bonds is 3. The minimum atomic E-state index is -0.280. The summed E-state index contributed by atoms with van der Waals surface area (Å²) < 4.78 is 0. The van der Waals surface area contributed by atoms with Crippen molar-refractivity contribution in [2.75, 3.05) is 5.32 Å². The molecule has 0 aliphatic carbocycles.